The highest BCUT2D eigenvalue weighted by Crippen LogP contribution is 2.28. The normalized spacial score (nSPS) is 13.8. The highest BCUT2D eigenvalue weighted by atomic mass is 32.2. The van der Waals surface area contributed by atoms with Crippen LogP contribution in [-0.2, 0) is 0 Å². The van der Waals surface area contributed by atoms with Gasteiger partial charge in [0.1, 0.15) is 0 Å². The zero-order valence-corrected chi connectivity index (χ0v) is 19.4. The number of aliphatic hydroxyl groups excluding tert-OH is 2. The Hall–Kier alpha value is -0.770. The van der Waals surface area contributed by atoms with E-state index >= 15 is 0 Å². The minimum absolute atomic E-state index is 0.0826. The number of aliphatic hydroxyl groups is 2. The molecule has 0 amide bonds. The average Bonchev–Trinajstić information content (AvgIpc) is 2.74. The van der Waals surface area contributed by atoms with E-state index in [0.717, 1.165) is 25.7 Å². The molecule has 2 atom stereocenters. The first-order valence-corrected chi connectivity index (χ1v) is 12.8. The molecule has 29 heavy (non-hydrogen) atoms. The molecule has 0 aliphatic heterocycles. The summed E-state index contributed by atoms with van der Waals surface area (Å²) in [5.41, 5.74) is 0. The predicted octanol–water partition coefficient (Wildman–Crippen LogP) is 7.54. The molecule has 0 saturated carbocycles. The Labute approximate surface area is 184 Å². The first-order valence-electron chi connectivity index (χ1n) is 11.9. The van der Waals surface area contributed by atoms with Crippen LogP contribution in [0.4, 0.5) is 0 Å². The summed E-state index contributed by atoms with van der Waals surface area (Å²) in [7, 11) is 0. The summed E-state index contributed by atoms with van der Waals surface area (Å²) in [6.07, 6.45) is 21.2. The van der Waals surface area contributed by atoms with Crippen molar-refractivity contribution < 1.29 is 10.2 Å². The molecule has 0 unspecified atom stereocenters. The quantitative estimate of drug-likeness (QED) is 0.138. The molecule has 1 aromatic rings. The lowest BCUT2D eigenvalue weighted by atomic mass is 10.1. The third-order valence-electron chi connectivity index (χ3n) is 5.35. The molecule has 0 aromatic heterocycles. The largest absolute Gasteiger partial charge is 0.396 e. The van der Waals surface area contributed by atoms with Gasteiger partial charge in [0.05, 0.1) is 11.4 Å². The van der Waals surface area contributed by atoms with Gasteiger partial charge < -0.3 is 10.2 Å². The Balaban J connectivity index is 2.24. The third kappa shape index (κ3) is 14.8. The molecule has 0 saturated heterocycles. The Morgan fingerprint density at radius 1 is 0.828 bits per heavy atom. The van der Waals surface area contributed by atoms with Crippen LogP contribution in [0.5, 0.6) is 0 Å². The monoisotopic (exact) mass is 420 g/mol. The lowest BCUT2D eigenvalue weighted by Gasteiger charge is -2.19. The second-order valence-corrected chi connectivity index (χ2v) is 9.33. The van der Waals surface area contributed by atoms with Crippen molar-refractivity contribution >= 4 is 11.8 Å². The molecule has 166 valence electrons. The number of allylic oxidation sites excluding steroid dienone is 1. The zero-order valence-electron chi connectivity index (χ0n) is 18.6. The van der Waals surface area contributed by atoms with Crippen molar-refractivity contribution in [2.75, 3.05) is 6.61 Å². The van der Waals surface area contributed by atoms with Crippen molar-refractivity contribution in [1.29, 1.82) is 0 Å². The number of unbranched alkanes of at least 4 members (excludes halogenated alkanes) is 11. The molecular formula is C26H44O2S. The van der Waals surface area contributed by atoms with E-state index in [-0.39, 0.29) is 18.0 Å². The Morgan fingerprint density at radius 3 is 2.07 bits per heavy atom. The molecule has 3 heteroatoms. The fraction of sp³-hybridized carbons (Fsp3) is 0.692. The molecule has 0 spiro atoms. The molecule has 0 aliphatic rings. The summed E-state index contributed by atoms with van der Waals surface area (Å²) in [5, 5.41) is 19.7. The van der Waals surface area contributed by atoms with Crippen LogP contribution in [0.1, 0.15) is 96.8 Å². The first-order chi connectivity index (χ1) is 14.3. The summed E-state index contributed by atoms with van der Waals surface area (Å²) in [4.78, 5) is 1.20. The SMILES string of the molecule is CCCCCCCCCCCC/C=C\[C@@H](Sc1ccccc1)[C@@H](O)CCCCO. The van der Waals surface area contributed by atoms with E-state index in [1.54, 1.807) is 11.8 Å². The molecule has 0 heterocycles. The Kier molecular flexibility index (Phi) is 17.4. The van der Waals surface area contributed by atoms with Crippen molar-refractivity contribution in [3.05, 3.63) is 42.5 Å². The molecule has 1 rings (SSSR count). The highest BCUT2D eigenvalue weighted by molar-refractivity contribution is 8.00. The maximum absolute atomic E-state index is 10.6. The molecule has 2 N–H and O–H groups in total. The topological polar surface area (TPSA) is 40.5 Å². The van der Waals surface area contributed by atoms with Crippen LogP contribution in [0.2, 0.25) is 0 Å². The van der Waals surface area contributed by atoms with Gasteiger partial charge in [-0.3, -0.25) is 0 Å². The van der Waals surface area contributed by atoms with Crippen LogP contribution < -0.4 is 0 Å². The molecular weight excluding hydrogens is 376 g/mol. The first kappa shape index (κ1) is 26.3. The number of thioether (sulfide) groups is 1. The van der Waals surface area contributed by atoms with Crippen molar-refractivity contribution in [2.45, 2.75) is 113 Å². The smallest absolute Gasteiger partial charge is 0.0697 e. The Bertz CT molecular complexity index is 489. The van der Waals surface area contributed by atoms with Gasteiger partial charge in [0, 0.05) is 11.5 Å². The van der Waals surface area contributed by atoms with Crippen LogP contribution >= 0.6 is 11.8 Å². The lowest BCUT2D eigenvalue weighted by molar-refractivity contribution is 0.164. The van der Waals surface area contributed by atoms with Crippen LogP contribution in [0.3, 0.4) is 0 Å². The van der Waals surface area contributed by atoms with E-state index in [2.05, 4.69) is 31.2 Å². The minimum Gasteiger partial charge on any atom is -0.396 e. The van der Waals surface area contributed by atoms with Gasteiger partial charge in [0.2, 0.25) is 0 Å². The molecule has 0 fully saturated rings. The second kappa shape index (κ2) is 19.2. The van der Waals surface area contributed by atoms with Gasteiger partial charge in [-0.2, -0.15) is 0 Å². The lowest BCUT2D eigenvalue weighted by Crippen LogP contribution is -2.21. The average molecular weight is 421 g/mol. The van der Waals surface area contributed by atoms with E-state index in [1.807, 2.05) is 18.2 Å². The summed E-state index contributed by atoms with van der Waals surface area (Å²) in [6, 6.07) is 10.3. The van der Waals surface area contributed by atoms with Crippen molar-refractivity contribution in [1.82, 2.24) is 0 Å². The van der Waals surface area contributed by atoms with Crippen molar-refractivity contribution in [3.63, 3.8) is 0 Å². The van der Waals surface area contributed by atoms with E-state index in [0.29, 0.717) is 0 Å². The molecule has 2 nitrogen and oxygen atoms in total. The Morgan fingerprint density at radius 2 is 1.45 bits per heavy atom. The van der Waals surface area contributed by atoms with Crippen LogP contribution in [0.15, 0.2) is 47.4 Å². The fourth-order valence-corrected chi connectivity index (χ4v) is 4.62. The second-order valence-electron chi connectivity index (χ2n) is 8.08. The number of hydrogen-bond donors (Lipinski definition) is 2. The summed E-state index contributed by atoms with van der Waals surface area (Å²) in [5.74, 6) is 0. The maximum atomic E-state index is 10.6. The molecule has 1 aromatic carbocycles. The summed E-state index contributed by atoms with van der Waals surface area (Å²) >= 11 is 1.74. The van der Waals surface area contributed by atoms with Gasteiger partial charge in [-0.25, -0.2) is 0 Å². The zero-order chi connectivity index (χ0) is 21.0. The highest BCUT2D eigenvalue weighted by Gasteiger charge is 2.17. The number of rotatable bonds is 19. The van der Waals surface area contributed by atoms with Gasteiger partial charge in [-0.1, -0.05) is 95.1 Å². The van der Waals surface area contributed by atoms with Gasteiger partial charge >= 0.3 is 0 Å². The maximum Gasteiger partial charge on any atom is 0.0697 e. The van der Waals surface area contributed by atoms with E-state index in [4.69, 9.17) is 5.11 Å². The molecule has 0 aliphatic carbocycles. The summed E-state index contributed by atoms with van der Waals surface area (Å²) < 4.78 is 0. The number of hydrogen-bond acceptors (Lipinski definition) is 3. The molecule has 0 radical (unpaired) electrons. The summed E-state index contributed by atoms with van der Waals surface area (Å²) in [6.45, 7) is 2.48. The van der Waals surface area contributed by atoms with Gasteiger partial charge in [0.25, 0.3) is 0 Å². The standard InChI is InChI=1S/C26H44O2S/c1-2-3-4-5-6-7-8-9-10-11-12-16-22-26(25(28)21-17-18-23-27)29-24-19-14-13-15-20-24/h13-16,19-20,22,25-28H,2-12,17-18,21,23H2,1H3/b22-16-/t25-,26+/m0/s1. The minimum atomic E-state index is -0.365. The van der Waals surface area contributed by atoms with Gasteiger partial charge in [0.15, 0.2) is 0 Å². The van der Waals surface area contributed by atoms with Crippen molar-refractivity contribution in [3.8, 4) is 0 Å². The van der Waals surface area contributed by atoms with Crippen LogP contribution in [-0.4, -0.2) is 28.2 Å². The van der Waals surface area contributed by atoms with Crippen molar-refractivity contribution in [2.24, 2.45) is 0 Å². The van der Waals surface area contributed by atoms with E-state index in [9.17, 15) is 5.11 Å². The fourth-order valence-electron chi connectivity index (χ4n) is 3.51. The van der Waals surface area contributed by atoms with Crippen LogP contribution in [0, 0.1) is 0 Å². The van der Waals surface area contributed by atoms with Gasteiger partial charge in [-0.05, 0) is 44.2 Å². The van der Waals surface area contributed by atoms with Gasteiger partial charge in [-0.15, -0.1) is 11.8 Å². The van der Waals surface area contributed by atoms with E-state index < -0.39 is 0 Å². The third-order valence-corrected chi connectivity index (χ3v) is 6.64. The van der Waals surface area contributed by atoms with Crippen LogP contribution in [0.25, 0.3) is 0 Å². The predicted molar refractivity (Wildman–Crippen MR) is 129 cm³/mol. The molecule has 0 bridgehead atoms. The van der Waals surface area contributed by atoms with E-state index in [1.165, 1.54) is 69.1 Å². The number of benzene rings is 1.